The molecule has 0 heterocycles. The summed E-state index contributed by atoms with van der Waals surface area (Å²) in [6, 6.07) is 2.45. The van der Waals surface area contributed by atoms with E-state index >= 15 is 0 Å². The molecule has 1 aromatic carbocycles. The van der Waals surface area contributed by atoms with E-state index < -0.39 is 17.8 Å². The van der Waals surface area contributed by atoms with Crippen molar-refractivity contribution in [1.82, 2.24) is 5.32 Å². The second-order valence-corrected chi connectivity index (χ2v) is 3.74. The molecule has 2 amide bonds. The lowest BCUT2D eigenvalue weighted by Gasteiger charge is -2.15. The average molecular weight is 292 g/mol. The van der Waals surface area contributed by atoms with Crippen molar-refractivity contribution in [1.29, 1.82) is 0 Å². The summed E-state index contributed by atoms with van der Waals surface area (Å²) in [6.45, 7) is 1.54. The molecular weight excluding hydrogens is 277 g/mol. The van der Waals surface area contributed by atoms with E-state index in [4.69, 9.17) is 9.84 Å². The Kier molecular flexibility index (Phi) is 5.63. The summed E-state index contributed by atoms with van der Waals surface area (Å²) in [5, 5.41) is 12.8. The first-order valence-electron chi connectivity index (χ1n) is 5.88. The van der Waals surface area contributed by atoms with Crippen LogP contribution in [0.2, 0.25) is 0 Å². The Bertz CT molecular complexity index is 464. The number of alkyl halides is 3. The molecule has 0 spiro atoms. The third-order valence-corrected chi connectivity index (χ3v) is 2.25. The Balaban J connectivity index is 2.97. The number of hydrogen-bond donors (Lipinski definition) is 3. The molecule has 1 aromatic rings. The highest BCUT2D eigenvalue weighted by Gasteiger charge is 2.34. The lowest BCUT2D eigenvalue weighted by molar-refractivity contribution is -0.137. The van der Waals surface area contributed by atoms with E-state index in [2.05, 4.69) is 10.6 Å². The molecule has 112 valence electrons. The molecule has 0 aliphatic heterocycles. The third-order valence-electron chi connectivity index (χ3n) is 2.25. The number of amides is 2. The van der Waals surface area contributed by atoms with E-state index in [1.54, 1.807) is 6.92 Å². The second-order valence-electron chi connectivity index (χ2n) is 3.74. The predicted octanol–water partition coefficient (Wildman–Crippen LogP) is 2.22. The fourth-order valence-corrected chi connectivity index (χ4v) is 1.46. The maximum Gasteiger partial charge on any atom is 0.418 e. The number of urea groups is 1. The molecule has 0 fully saturated rings. The molecule has 0 saturated heterocycles. The molecule has 3 N–H and O–H groups in total. The van der Waals surface area contributed by atoms with Crippen LogP contribution in [0.1, 0.15) is 12.5 Å². The van der Waals surface area contributed by atoms with E-state index in [0.717, 1.165) is 12.1 Å². The minimum atomic E-state index is -4.62. The first kappa shape index (κ1) is 16.1. The van der Waals surface area contributed by atoms with Gasteiger partial charge in [-0.2, -0.15) is 13.2 Å². The van der Waals surface area contributed by atoms with Gasteiger partial charge in [-0.3, -0.25) is 0 Å². The zero-order chi connectivity index (χ0) is 15.2. The fraction of sp³-hybridized carbons (Fsp3) is 0.417. The number of halogens is 3. The van der Waals surface area contributed by atoms with Gasteiger partial charge in [0.05, 0.1) is 24.5 Å². The summed E-state index contributed by atoms with van der Waals surface area (Å²) in [4.78, 5) is 11.3. The molecule has 1 rings (SSSR count). The molecule has 5 nitrogen and oxygen atoms in total. The molecule has 0 atom stereocenters. The van der Waals surface area contributed by atoms with E-state index in [-0.39, 0.29) is 31.2 Å². The number of anilines is 1. The van der Waals surface area contributed by atoms with Crippen LogP contribution in [0.3, 0.4) is 0 Å². The largest absolute Gasteiger partial charge is 0.494 e. The number of ether oxygens (including phenoxy) is 1. The zero-order valence-corrected chi connectivity index (χ0v) is 10.8. The highest BCUT2D eigenvalue weighted by Crippen LogP contribution is 2.37. The maximum atomic E-state index is 12.9. The van der Waals surface area contributed by atoms with Crippen molar-refractivity contribution >= 4 is 11.7 Å². The van der Waals surface area contributed by atoms with E-state index in [0.29, 0.717) is 0 Å². The standard InChI is InChI=1S/C12H15F3N2O3/c1-2-20-8-3-4-10(9(7-8)12(13,14)15)17-11(19)16-5-6-18/h3-4,7,18H,2,5-6H2,1H3,(H2,16,17,19). The van der Waals surface area contributed by atoms with Crippen LogP contribution in [0.25, 0.3) is 0 Å². The van der Waals surface area contributed by atoms with Gasteiger partial charge in [0.2, 0.25) is 0 Å². The van der Waals surface area contributed by atoms with Crippen LogP contribution in [-0.4, -0.2) is 30.9 Å². The van der Waals surface area contributed by atoms with E-state index in [9.17, 15) is 18.0 Å². The molecule has 0 unspecified atom stereocenters. The number of carbonyl (C=O) groups excluding carboxylic acids is 1. The summed E-state index contributed by atoms with van der Waals surface area (Å²) < 4.78 is 43.7. The first-order chi connectivity index (χ1) is 9.38. The first-order valence-corrected chi connectivity index (χ1v) is 5.88. The Hall–Kier alpha value is -1.96. The number of benzene rings is 1. The van der Waals surface area contributed by atoms with Crippen molar-refractivity contribution < 1.29 is 27.8 Å². The molecule has 0 aliphatic carbocycles. The van der Waals surface area contributed by atoms with Gasteiger partial charge < -0.3 is 20.5 Å². The minimum Gasteiger partial charge on any atom is -0.494 e. The van der Waals surface area contributed by atoms with Gasteiger partial charge in [-0.15, -0.1) is 0 Å². The topological polar surface area (TPSA) is 70.6 Å². The van der Waals surface area contributed by atoms with Crippen molar-refractivity contribution in [2.45, 2.75) is 13.1 Å². The number of hydrogen-bond acceptors (Lipinski definition) is 3. The minimum absolute atomic E-state index is 0.0514. The average Bonchev–Trinajstić information content (AvgIpc) is 2.37. The molecular formula is C12H15F3N2O3. The van der Waals surface area contributed by atoms with Crippen molar-refractivity contribution in [3.8, 4) is 5.75 Å². The summed E-state index contributed by atoms with van der Waals surface area (Å²) in [6.07, 6.45) is -4.62. The van der Waals surface area contributed by atoms with Crippen LogP contribution >= 0.6 is 0 Å². The van der Waals surface area contributed by atoms with Crippen molar-refractivity contribution in [3.05, 3.63) is 23.8 Å². The van der Waals surface area contributed by atoms with Gasteiger partial charge in [-0.25, -0.2) is 4.79 Å². The predicted molar refractivity (Wildman–Crippen MR) is 66.7 cm³/mol. The van der Waals surface area contributed by atoms with Gasteiger partial charge in [-0.05, 0) is 25.1 Å². The fourth-order valence-electron chi connectivity index (χ4n) is 1.46. The highest BCUT2D eigenvalue weighted by atomic mass is 19.4. The lowest BCUT2D eigenvalue weighted by atomic mass is 10.1. The monoisotopic (exact) mass is 292 g/mol. The van der Waals surface area contributed by atoms with Crippen molar-refractivity contribution in [3.63, 3.8) is 0 Å². The van der Waals surface area contributed by atoms with Crippen LogP contribution in [-0.2, 0) is 6.18 Å². The SMILES string of the molecule is CCOc1ccc(NC(=O)NCCO)c(C(F)(F)F)c1. The smallest absolute Gasteiger partial charge is 0.418 e. The maximum absolute atomic E-state index is 12.9. The van der Waals surface area contributed by atoms with Crippen LogP contribution < -0.4 is 15.4 Å². The summed E-state index contributed by atoms with van der Waals surface area (Å²) in [7, 11) is 0. The van der Waals surface area contributed by atoms with Gasteiger partial charge in [0.25, 0.3) is 0 Å². The zero-order valence-electron chi connectivity index (χ0n) is 10.8. The Morgan fingerprint density at radius 1 is 1.40 bits per heavy atom. The summed E-state index contributed by atoms with van der Waals surface area (Å²) in [5.74, 6) is 0.0705. The third kappa shape index (κ3) is 4.61. The molecule has 0 bridgehead atoms. The van der Waals surface area contributed by atoms with Gasteiger partial charge >= 0.3 is 12.2 Å². The summed E-state index contributed by atoms with van der Waals surface area (Å²) in [5.41, 5.74) is -1.38. The molecule has 8 heteroatoms. The van der Waals surface area contributed by atoms with Gasteiger partial charge in [0.1, 0.15) is 5.75 Å². The Morgan fingerprint density at radius 3 is 2.65 bits per heavy atom. The summed E-state index contributed by atoms with van der Waals surface area (Å²) >= 11 is 0. The van der Waals surface area contributed by atoms with Gasteiger partial charge in [0, 0.05) is 6.54 Å². The van der Waals surface area contributed by atoms with Crippen LogP contribution in [0.4, 0.5) is 23.7 Å². The second kappa shape index (κ2) is 6.99. The van der Waals surface area contributed by atoms with Crippen molar-refractivity contribution in [2.24, 2.45) is 0 Å². The molecule has 0 aromatic heterocycles. The molecule has 0 saturated carbocycles. The van der Waals surface area contributed by atoms with E-state index in [1.807, 2.05) is 0 Å². The molecule has 20 heavy (non-hydrogen) atoms. The van der Waals surface area contributed by atoms with Gasteiger partial charge in [-0.1, -0.05) is 0 Å². The van der Waals surface area contributed by atoms with E-state index in [1.165, 1.54) is 6.07 Å². The van der Waals surface area contributed by atoms with Gasteiger partial charge in [0.15, 0.2) is 0 Å². The van der Waals surface area contributed by atoms with Crippen LogP contribution in [0.15, 0.2) is 18.2 Å². The quantitative estimate of drug-likeness (QED) is 0.779. The normalized spacial score (nSPS) is 11.1. The number of carbonyl (C=O) groups is 1. The highest BCUT2D eigenvalue weighted by molar-refractivity contribution is 5.90. The number of aliphatic hydroxyl groups excluding tert-OH is 1. The Labute approximate surface area is 113 Å². The molecule has 0 radical (unpaired) electrons. The van der Waals surface area contributed by atoms with Crippen molar-refractivity contribution in [2.75, 3.05) is 25.1 Å². The number of nitrogens with one attached hydrogen (secondary N) is 2. The van der Waals surface area contributed by atoms with Crippen LogP contribution in [0.5, 0.6) is 5.75 Å². The number of aliphatic hydroxyl groups is 1. The Morgan fingerprint density at radius 2 is 2.10 bits per heavy atom. The van der Waals surface area contributed by atoms with Crippen LogP contribution in [0, 0.1) is 0 Å². The lowest BCUT2D eigenvalue weighted by Crippen LogP contribution is -2.31. The number of rotatable bonds is 5. The molecule has 0 aliphatic rings.